The summed E-state index contributed by atoms with van der Waals surface area (Å²) >= 11 is 1.53. The lowest BCUT2D eigenvalue weighted by Gasteiger charge is -2.37. The van der Waals surface area contributed by atoms with Crippen LogP contribution in [0.2, 0.25) is 0 Å². The average Bonchev–Trinajstić information content (AvgIpc) is 3.43. The Labute approximate surface area is 200 Å². The molecular formula is C23H27FN6O3S. The van der Waals surface area contributed by atoms with Gasteiger partial charge in [-0.1, -0.05) is 11.8 Å². The van der Waals surface area contributed by atoms with Crippen LogP contribution in [0.3, 0.4) is 0 Å². The molecule has 180 valence electrons. The number of hydrogen-bond acceptors (Lipinski definition) is 6. The highest BCUT2D eigenvalue weighted by Gasteiger charge is 2.36. The summed E-state index contributed by atoms with van der Waals surface area (Å²) in [5.74, 6) is -0.877. The van der Waals surface area contributed by atoms with Crippen molar-refractivity contribution < 1.29 is 18.8 Å². The lowest BCUT2D eigenvalue weighted by atomic mass is 9.99. The van der Waals surface area contributed by atoms with Gasteiger partial charge in [-0.25, -0.2) is 4.39 Å². The molecule has 3 amide bonds. The average molecular weight is 487 g/mol. The van der Waals surface area contributed by atoms with E-state index < -0.39 is 11.4 Å². The smallest absolute Gasteiger partial charge is 0.268 e. The molecule has 1 unspecified atom stereocenters. The van der Waals surface area contributed by atoms with Crippen molar-refractivity contribution in [2.75, 3.05) is 33.2 Å². The van der Waals surface area contributed by atoms with Crippen LogP contribution in [0.5, 0.6) is 0 Å². The SMILES string of the molecule is CN1CCC2=C(C1)SC(C(=O)N[C@@H]1CN(C=O)CC[C@@H]1NC(=O)c1cc3cc(F)ccc3[nH]1)N2. The Hall–Kier alpha value is -3.05. The maximum Gasteiger partial charge on any atom is 0.268 e. The molecule has 1 fully saturated rings. The molecule has 11 heteroatoms. The Kier molecular flexibility index (Phi) is 6.22. The summed E-state index contributed by atoms with van der Waals surface area (Å²) in [4.78, 5) is 45.4. The predicted molar refractivity (Wildman–Crippen MR) is 127 cm³/mol. The molecule has 9 nitrogen and oxygen atoms in total. The van der Waals surface area contributed by atoms with Crippen LogP contribution in [0.4, 0.5) is 4.39 Å². The highest BCUT2D eigenvalue weighted by Crippen LogP contribution is 2.34. The van der Waals surface area contributed by atoms with Gasteiger partial charge in [-0.15, -0.1) is 0 Å². The molecule has 3 aliphatic rings. The number of halogens is 1. The minimum Gasteiger partial charge on any atom is -0.368 e. The van der Waals surface area contributed by atoms with Gasteiger partial charge in [0.25, 0.3) is 11.8 Å². The molecule has 0 spiro atoms. The number of nitrogens with one attached hydrogen (secondary N) is 4. The van der Waals surface area contributed by atoms with Gasteiger partial charge in [0.05, 0.1) is 12.1 Å². The topological polar surface area (TPSA) is 110 Å². The number of H-pyrrole nitrogens is 1. The third kappa shape index (κ3) is 4.62. The maximum absolute atomic E-state index is 13.5. The zero-order chi connectivity index (χ0) is 23.8. The molecule has 1 aromatic carbocycles. The van der Waals surface area contributed by atoms with Crippen LogP contribution in [0, 0.1) is 5.82 Å². The first-order valence-corrected chi connectivity index (χ1v) is 12.2. The van der Waals surface area contributed by atoms with Crippen molar-refractivity contribution in [1.82, 2.24) is 30.7 Å². The number of amides is 3. The first-order valence-electron chi connectivity index (χ1n) is 11.3. The highest BCUT2D eigenvalue weighted by atomic mass is 32.2. The van der Waals surface area contributed by atoms with E-state index in [-0.39, 0.29) is 23.7 Å². The van der Waals surface area contributed by atoms with Crippen molar-refractivity contribution >= 4 is 40.9 Å². The summed E-state index contributed by atoms with van der Waals surface area (Å²) in [6, 6.07) is 5.11. The number of likely N-dealkylation sites (tertiary alicyclic amines) is 1. The number of carbonyl (C=O) groups excluding carboxylic acids is 3. The monoisotopic (exact) mass is 486 g/mol. The van der Waals surface area contributed by atoms with E-state index in [9.17, 15) is 18.8 Å². The number of nitrogens with zero attached hydrogens (tertiary/aromatic N) is 2. The third-order valence-corrected chi connectivity index (χ3v) is 7.79. The Morgan fingerprint density at radius 2 is 2.06 bits per heavy atom. The minimum absolute atomic E-state index is 0.167. The van der Waals surface area contributed by atoms with Crippen LogP contribution in [0.15, 0.2) is 34.9 Å². The maximum atomic E-state index is 13.5. The fourth-order valence-electron chi connectivity index (χ4n) is 4.69. The van der Waals surface area contributed by atoms with E-state index in [2.05, 4.69) is 32.9 Å². The summed E-state index contributed by atoms with van der Waals surface area (Å²) in [6.45, 7) is 2.57. The van der Waals surface area contributed by atoms with Crippen molar-refractivity contribution in [2.24, 2.45) is 0 Å². The van der Waals surface area contributed by atoms with E-state index in [0.29, 0.717) is 36.1 Å². The summed E-state index contributed by atoms with van der Waals surface area (Å²) in [5, 5.41) is 9.55. The number of thioether (sulfide) groups is 1. The van der Waals surface area contributed by atoms with Crippen LogP contribution < -0.4 is 16.0 Å². The fourth-order valence-corrected chi connectivity index (χ4v) is 5.95. The molecule has 3 aliphatic heterocycles. The molecular weight excluding hydrogens is 459 g/mol. The number of hydrogen-bond donors (Lipinski definition) is 4. The molecule has 4 heterocycles. The number of likely N-dealkylation sites (N-methyl/N-ethyl adjacent to an activating group) is 1. The standard InChI is InChI=1S/C23H27FN6O3S/c1-29-6-4-17-20(11-29)34-23(28-17)22(33)27-19-10-30(12-31)7-5-16(19)26-21(32)18-9-13-8-14(24)2-3-15(13)25-18/h2-3,8-9,12,16,19,23,25,28H,4-7,10-11H2,1H3,(H,26,32)(H,27,33)/t16-,19+,23?/m0/s1. The number of rotatable bonds is 5. The lowest BCUT2D eigenvalue weighted by molar-refractivity contribution is -0.124. The second kappa shape index (κ2) is 9.30. The molecule has 1 aromatic heterocycles. The van der Waals surface area contributed by atoms with Crippen LogP contribution in [-0.4, -0.2) is 83.7 Å². The van der Waals surface area contributed by atoms with Crippen molar-refractivity contribution in [3.8, 4) is 0 Å². The number of piperidine rings is 1. The largest absolute Gasteiger partial charge is 0.368 e. The van der Waals surface area contributed by atoms with E-state index in [1.165, 1.54) is 28.8 Å². The molecule has 0 radical (unpaired) electrons. The van der Waals surface area contributed by atoms with E-state index >= 15 is 0 Å². The molecule has 4 N–H and O–H groups in total. The Bertz CT molecular complexity index is 1170. The Morgan fingerprint density at radius 3 is 2.88 bits per heavy atom. The van der Waals surface area contributed by atoms with Crippen molar-refractivity contribution in [2.45, 2.75) is 30.3 Å². The Morgan fingerprint density at radius 1 is 1.21 bits per heavy atom. The van der Waals surface area contributed by atoms with E-state index in [4.69, 9.17) is 0 Å². The number of aromatic nitrogens is 1. The van der Waals surface area contributed by atoms with Gasteiger partial charge in [0.2, 0.25) is 6.41 Å². The minimum atomic E-state index is -0.431. The highest BCUT2D eigenvalue weighted by molar-refractivity contribution is 8.04. The van der Waals surface area contributed by atoms with E-state index in [1.807, 2.05) is 0 Å². The first-order chi connectivity index (χ1) is 16.4. The van der Waals surface area contributed by atoms with Crippen LogP contribution in [-0.2, 0) is 9.59 Å². The first kappa shape index (κ1) is 22.7. The number of aromatic amines is 1. The van der Waals surface area contributed by atoms with Crippen LogP contribution >= 0.6 is 11.8 Å². The lowest BCUT2D eigenvalue weighted by Crippen LogP contribution is -2.61. The van der Waals surface area contributed by atoms with Gasteiger partial charge in [0, 0.05) is 54.1 Å². The number of carbonyl (C=O) groups is 3. The zero-order valence-corrected chi connectivity index (χ0v) is 19.6. The van der Waals surface area contributed by atoms with Gasteiger partial charge in [-0.2, -0.15) is 0 Å². The van der Waals surface area contributed by atoms with Crippen LogP contribution in [0.25, 0.3) is 10.9 Å². The normalized spacial score (nSPS) is 25.1. The van der Waals surface area contributed by atoms with E-state index in [1.54, 1.807) is 17.0 Å². The molecule has 5 rings (SSSR count). The molecule has 34 heavy (non-hydrogen) atoms. The number of fused-ring (bicyclic) bond motifs is 1. The second-order valence-electron chi connectivity index (χ2n) is 9.03. The van der Waals surface area contributed by atoms with E-state index in [0.717, 1.165) is 31.6 Å². The van der Waals surface area contributed by atoms with Crippen LogP contribution in [0.1, 0.15) is 23.3 Å². The summed E-state index contributed by atoms with van der Waals surface area (Å²) in [5.41, 5.74) is 2.11. The predicted octanol–water partition coefficient (Wildman–Crippen LogP) is 0.962. The fraction of sp³-hybridized carbons (Fsp3) is 0.435. The second-order valence-corrected chi connectivity index (χ2v) is 10.2. The molecule has 0 bridgehead atoms. The van der Waals surface area contributed by atoms with Crippen molar-refractivity contribution in [3.63, 3.8) is 0 Å². The van der Waals surface area contributed by atoms with Gasteiger partial charge >= 0.3 is 0 Å². The third-order valence-electron chi connectivity index (χ3n) is 6.56. The quantitative estimate of drug-likeness (QED) is 0.469. The zero-order valence-electron chi connectivity index (χ0n) is 18.8. The molecule has 2 aromatic rings. The van der Waals surface area contributed by atoms with Crippen molar-refractivity contribution in [3.05, 3.63) is 46.4 Å². The summed E-state index contributed by atoms with van der Waals surface area (Å²) in [6.07, 6.45) is 2.16. The summed E-state index contributed by atoms with van der Waals surface area (Å²) in [7, 11) is 2.06. The number of benzene rings is 1. The van der Waals surface area contributed by atoms with Gasteiger partial charge in [-0.05, 0) is 37.7 Å². The molecule has 3 atom stereocenters. The summed E-state index contributed by atoms with van der Waals surface area (Å²) < 4.78 is 13.5. The van der Waals surface area contributed by atoms with Gasteiger partial charge < -0.3 is 30.7 Å². The van der Waals surface area contributed by atoms with Gasteiger partial charge in [-0.3, -0.25) is 14.4 Å². The molecule has 1 saturated heterocycles. The molecule has 0 saturated carbocycles. The van der Waals surface area contributed by atoms with Crippen molar-refractivity contribution in [1.29, 1.82) is 0 Å². The molecule has 0 aliphatic carbocycles. The van der Waals surface area contributed by atoms with Gasteiger partial charge in [0.15, 0.2) is 5.37 Å². The van der Waals surface area contributed by atoms with Gasteiger partial charge in [0.1, 0.15) is 11.5 Å². The Balaban J connectivity index is 1.26.